The maximum atomic E-state index is 13.2. The molecule has 180 valence electrons. The summed E-state index contributed by atoms with van der Waals surface area (Å²) in [6.45, 7) is 5.77. The van der Waals surface area contributed by atoms with Gasteiger partial charge in [-0.25, -0.2) is 9.59 Å². The number of hydrogen-bond donors (Lipinski definition) is 1. The van der Waals surface area contributed by atoms with Crippen LogP contribution in [0.15, 0.2) is 97.6 Å². The number of rotatable bonds is 8. The molecular weight excluding hydrogens is 458 g/mol. The Hall–Kier alpha value is -3.51. The number of hydrogen-bond acceptors (Lipinski definition) is 4. The highest BCUT2D eigenvalue weighted by molar-refractivity contribution is 8.00. The monoisotopic (exact) mass is 487 g/mol. The number of aliphatic carboxylic acids is 1. The van der Waals surface area contributed by atoms with Crippen molar-refractivity contribution >= 4 is 23.8 Å². The summed E-state index contributed by atoms with van der Waals surface area (Å²) in [6, 6.07) is 27.6. The van der Waals surface area contributed by atoms with E-state index in [2.05, 4.69) is 30.8 Å². The molecule has 0 saturated carbocycles. The van der Waals surface area contributed by atoms with E-state index in [1.54, 1.807) is 24.8 Å². The molecule has 1 saturated heterocycles. The van der Waals surface area contributed by atoms with Crippen molar-refractivity contribution in [2.24, 2.45) is 0 Å². The van der Waals surface area contributed by atoms with E-state index in [0.717, 1.165) is 22.3 Å². The minimum absolute atomic E-state index is 0.0877. The molecule has 0 aromatic heterocycles. The van der Waals surface area contributed by atoms with Gasteiger partial charge < -0.3 is 9.84 Å². The fourth-order valence-electron chi connectivity index (χ4n) is 4.58. The number of amides is 1. The Balaban J connectivity index is 1.64. The third-order valence-electron chi connectivity index (χ3n) is 6.52. The third kappa shape index (κ3) is 5.13. The Bertz CT molecular complexity index is 1180. The molecule has 0 radical (unpaired) electrons. The van der Waals surface area contributed by atoms with Crippen molar-refractivity contribution in [2.45, 2.75) is 30.2 Å². The van der Waals surface area contributed by atoms with E-state index in [0.29, 0.717) is 5.75 Å². The molecule has 5 nitrogen and oxygen atoms in total. The second-order valence-corrected chi connectivity index (χ2v) is 10.3. The van der Waals surface area contributed by atoms with Gasteiger partial charge in [0.25, 0.3) is 0 Å². The predicted molar refractivity (Wildman–Crippen MR) is 140 cm³/mol. The van der Waals surface area contributed by atoms with Gasteiger partial charge in [0.1, 0.15) is 12.1 Å². The molecule has 2 atom stereocenters. The Morgan fingerprint density at radius 1 is 1.00 bits per heavy atom. The largest absolute Gasteiger partial charge is 0.480 e. The van der Waals surface area contributed by atoms with Crippen LogP contribution in [-0.2, 0) is 20.9 Å². The van der Waals surface area contributed by atoms with Crippen LogP contribution in [0.1, 0.15) is 24.5 Å². The van der Waals surface area contributed by atoms with Crippen molar-refractivity contribution in [3.63, 3.8) is 0 Å². The van der Waals surface area contributed by atoms with Crippen molar-refractivity contribution in [2.75, 3.05) is 12.3 Å². The van der Waals surface area contributed by atoms with Gasteiger partial charge in [-0.05, 0) is 29.2 Å². The molecule has 4 rings (SSSR count). The Kier molecular flexibility index (Phi) is 7.31. The second-order valence-electron chi connectivity index (χ2n) is 8.92. The quantitative estimate of drug-likeness (QED) is 0.375. The predicted octanol–water partition coefficient (Wildman–Crippen LogP) is 6.35. The van der Waals surface area contributed by atoms with Crippen molar-refractivity contribution in [1.82, 2.24) is 4.90 Å². The van der Waals surface area contributed by atoms with Crippen LogP contribution in [0.2, 0.25) is 0 Å². The number of carboxylic acids is 1. The zero-order valence-corrected chi connectivity index (χ0v) is 20.5. The van der Waals surface area contributed by atoms with Gasteiger partial charge in [0.15, 0.2) is 0 Å². The normalized spacial score (nSPS) is 21.5. The van der Waals surface area contributed by atoms with Gasteiger partial charge in [-0.2, -0.15) is 0 Å². The topological polar surface area (TPSA) is 66.8 Å². The molecule has 35 heavy (non-hydrogen) atoms. The number of carbonyl (C=O) groups is 2. The summed E-state index contributed by atoms with van der Waals surface area (Å²) >= 11 is 1.61. The highest BCUT2D eigenvalue weighted by Crippen LogP contribution is 2.51. The highest BCUT2D eigenvalue weighted by Gasteiger charge is 2.58. The van der Waals surface area contributed by atoms with Gasteiger partial charge in [0, 0.05) is 18.7 Å². The molecule has 1 amide bonds. The molecule has 6 heteroatoms. The average Bonchev–Trinajstić information content (AvgIpc) is 3.22. The number of likely N-dealkylation sites (tertiary alicyclic amines) is 1. The number of nitrogens with zero attached hydrogens (tertiary/aromatic N) is 1. The zero-order valence-electron chi connectivity index (χ0n) is 19.7. The summed E-state index contributed by atoms with van der Waals surface area (Å²) in [7, 11) is 0. The van der Waals surface area contributed by atoms with Crippen LogP contribution in [0.3, 0.4) is 0 Å². The van der Waals surface area contributed by atoms with Gasteiger partial charge in [-0.1, -0.05) is 91.0 Å². The van der Waals surface area contributed by atoms with Crippen LogP contribution in [0.25, 0.3) is 11.1 Å². The lowest BCUT2D eigenvalue weighted by molar-refractivity contribution is -0.147. The molecule has 3 aromatic rings. The number of carbonyl (C=O) groups excluding carboxylic acids is 1. The second kappa shape index (κ2) is 10.4. The standard InChI is InChI=1S/C29H29NO4S/c1-3-18-35-29(25-16-14-24(15-17-25)23-12-8-5-9-13-23)20-28(2,26(31)32)30(21-29)27(33)34-19-22-10-6-4-7-11-22/h3-17H,1,18-21H2,2H3,(H,31,32)/t28-,29-/m0/s1. The summed E-state index contributed by atoms with van der Waals surface area (Å²) in [5.41, 5.74) is 2.62. The fourth-order valence-corrected chi connectivity index (χ4v) is 5.92. The van der Waals surface area contributed by atoms with Gasteiger partial charge in [0.2, 0.25) is 0 Å². The van der Waals surface area contributed by atoms with Crippen molar-refractivity contribution in [3.05, 3.63) is 109 Å². The molecule has 0 spiro atoms. The molecule has 1 aliphatic rings. The highest BCUT2D eigenvalue weighted by atomic mass is 32.2. The first kappa shape index (κ1) is 24.6. The third-order valence-corrected chi connectivity index (χ3v) is 7.98. The lowest BCUT2D eigenvalue weighted by Crippen LogP contribution is -2.50. The van der Waals surface area contributed by atoms with Crippen molar-refractivity contribution in [1.29, 1.82) is 0 Å². The molecule has 0 aliphatic carbocycles. The average molecular weight is 488 g/mol. The fraction of sp³-hybridized carbons (Fsp3) is 0.241. The maximum absolute atomic E-state index is 13.2. The van der Waals surface area contributed by atoms with Gasteiger partial charge in [0.05, 0.1) is 4.75 Å². The molecule has 3 aromatic carbocycles. The van der Waals surface area contributed by atoms with Gasteiger partial charge >= 0.3 is 12.1 Å². The van der Waals surface area contributed by atoms with E-state index in [1.807, 2.05) is 60.7 Å². The number of benzene rings is 3. The molecular formula is C29H29NO4S. The van der Waals surface area contributed by atoms with Gasteiger partial charge in [-0.15, -0.1) is 18.3 Å². The van der Waals surface area contributed by atoms with E-state index in [1.165, 1.54) is 4.90 Å². The minimum Gasteiger partial charge on any atom is -0.480 e. The molecule has 1 heterocycles. The lowest BCUT2D eigenvalue weighted by Gasteiger charge is -2.29. The van der Waals surface area contributed by atoms with Gasteiger partial charge in [-0.3, -0.25) is 4.90 Å². The first-order valence-corrected chi connectivity index (χ1v) is 12.5. The zero-order chi connectivity index (χ0) is 24.9. The summed E-state index contributed by atoms with van der Waals surface area (Å²) in [5, 5.41) is 10.2. The molecule has 0 bridgehead atoms. The number of thioether (sulfide) groups is 1. The Morgan fingerprint density at radius 2 is 1.60 bits per heavy atom. The molecule has 1 N–H and O–H groups in total. The minimum atomic E-state index is -1.40. The van der Waals surface area contributed by atoms with Crippen LogP contribution in [0.4, 0.5) is 4.79 Å². The first-order chi connectivity index (χ1) is 16.9. The van der Waals surface area contributed by atoms with E-state index < -0.39 is 22.3 Å². The molecule has 1 aliphatic heterocycles. The van der Waals surface area contributed by atoms with E-state index >= 15 is 0 Å². The smallest absolute Gasteiger partial charge is 0.411 e. The van der Waals surface area contributed by atoms with Crippen LogP contribution >= 0.6 is 11.8 Å². The van der Waals surface area contributed by atoms with Crippen LogP contribution in [0.5, 0.6) is 0 Å². The summed E-state index contributed by atoms with van der Waals surface area (Å²) in [6.07, 6.45) is 1.44. The summed E-state index contributed by atoms with van der Waals surface area (Å²) in [4.78, 5) is 27.0. The first-order valence-electron chi connectivity index (χ1n) is 11.5. The van der Waals surface area contributed by atoms with Crippen LogP contribution in [-0.4, -0.2) is 39.9 Å². The summed E-state index contributed by atoms with van der Waals surface area (Å²) < 4.78 is 4.95. The molecule has 0 unspecified atom stereocenters. The van der Waals surface area contributed by atoms with Crippen LogP contribution < -0.4 is 0 Å². The Labute approximate surface area is 210 Å². The van der Waals surface area contributed by atoms with E-state index in [4.69, 9.17) is 4.74 Å². The molecule has 1 fully saturated rings. The lowest BCUT2D eigenvalue weighted by atomic mass is 9.88. The van der Waals surface area contributed by atoms with E-state index in [-0.39, 0.29) is 19.6 Å². The van der Waals surface area contributed by atoms with E-state index in [9.17, 15) is 14.7 Å². The maximum Gasteiger partial charge on any atom is 0.411 e. The Morgan fingerprint density at radius 3 is 2.20 bits per heavy atom. The number of carboxylic acid groups (broad SMARTS) is 1. The number of ether oxygens (including phenoxy) is 1. The summed E-state index contributed by atoms with van der Waals surface area (Å²) in [5.74, 6) is -0.417. The van der Waals surface area contributed by atoms with Crippen LogP contribution in [0, 0.1) is 0 Å². The van der Waals surface area contributed by atoms with Crippen molar-refractivity contribution < 1.29 is 19.4 Å². The SMILES string of the molecule is C=CCS[C@]1(c2ccc(-c3ccccc3)cc2)CN(C(=O)OCc2ccccc2)[C@](C)(C(=O)O)C1. The van der Waals surface area contributed by atoms with Crippen molar-refractivity contribution in [3.8, 4) is 11.1 Å².